The molecular weight excluding hydrogens is 342 g/mol. The number of hydrogen-bond acceptors (Lipinski definition) is 7. The van der Waals surface area contributed by atoms with E-state index in [0.29, 0.717) is 17.1 Å². The number of methoxy groups -OCH3 is 1. The first-order valence-corrected chi connectivity index (χ1v) is 7.70. The van der Waals surface area contributed by atoms with Crippen LogP contribution >= 0.6 is 0 Å². The molecule has 2 aliphatic rings. The van der Waals surface area contributed by atoms with E-state index in [1.807, 2.05) is 0 Å². The van der Waals surface area contributed by atoms with Gasteiger partial charge in [0.1, 0.15) is 5.75 Å². The summed E-state index contributed by atoms with van der Waals surface area (Å²) >= 11 is 0. The van der Waals surface area contributed by atoms with Crippen molar-refractivity contribution < 1.29 is 33.3 Å². The molecule has 2 heterocycles. The molecule has 1 atom stereocenters. The lowest BCUT2D eigenvalue weighted by molar-refractivity contribution is -0.149. The number of carbonyl (C=O) groups excluding carboxylic acids is 3. The highest BCUT2D eigenvalue weighted by Crippen LogP contribution is 2.36. The molecule has 0 bridgehead atoms. The van der Waals surface area contributed by atoms with E-state index in [-0.39, 0.29) is 23.7 Å². The van der Waals surface area contributed by atoms with E-state index in [1.54, 1.807) is 18.2 Å². The Morgan fingerprint density at radius 3 is 2.62 bits per heavy atom. The fraction of sp³-hybridized carbons (Fsp3) is 0.167. The topological polar surface area (TPSA) is 100 Å². The molecule has 0 radical (unpaired) electrons. The van der Waals surface area contributed by atoms with Gasteiger partial charge in [-0.3, -0.25) is 14.9 Å². The fourth-order valence-corrected chi connectivity index (χ4v) is 2.79. The highest BCUT2D eigenvalue weighted by Gasteiger charge is 2.30. The lowest BCUT2D eigenvalue weighted by Crippen LogP contribution is -2.20. The highest BCUT2D eigenvalue weighted by atomic mass is 16.7. The van der Waals surface area contributed by atoms with Gasteiger partial charge in [-0.1, -0.05) is 6.07 Å². The van der Waals surface area contributed by atoms with E-state index in [1.165, 1.54) is 25.3 Å². The van der Waals surface area contributed by atoms with Gasteiger partial charge in [-0.05, 0) is 30.3 Å². The largest absolute Gasteiger partial charge is 0.474 e. The predicted octanol–water partition coefficient (Wildman–Crippen LogP) is 1.59. The molecule has 0 aromatic heterocycles. The fourth-order valence-electron chi connectivity index (χ4n) is 2.79. The number of benzene rings is 2. The van der Waals surface area contributed by atoms with Crippen LogP contribution in [0.1, 0.15) is 32.4 Å². The minimum Gasteiger partial charge on any atom is -0.474 e. The molecule has 2 aromatic rings. The number of rotatable bonds is 4. The lowest BCUT2D eigenvalue weighted by Gasteiger charge is -2.18. The van der Waals surface area contributed by atoms with Gasteiger partial charge in [-0.25, -0.2) is 4.79 Å². The number of amides is 2. The van der Waals surface area contributed by atoms with Crippen LogP contribution in [0.25, 0.3) is 0 Å². The number of esters is 1. The van der Waals surface area contributed by atoms with Crippen LogP contribution in [-0.2, 0) is 9.53 Å². The molecule has 1 N–H and O–H groups in total. The maximum atomic E-state index is 12.2. The van der Waals surface area contributed by atoms with Crippen LogP contribution in [0, 0.1) is 0 Å². The quantitative estimate of drug-likeness (QED) is 0.657. The zero-order valence-corrected chi connectivity index (χ0v) is 13.6. The third kappa shape index (κ3) is 2.61. The molecule has 1 unspecified atom stereocenters. The number of carbonyl (C=O) groups is 3. The molecule has 26 heavy (non-hydrogen) atoms. The smallest absolute Gasteiger partial charge is 0.351 e. The average Bonchev–Trinajstić information content (AvgIpc) is 3.23. The second-order valence-corrected chi connectivity index (χ2v) is 5.62. The molecule has 2 aliphatic heterocycles. The summed E-state index contributed by atoms with van der Waals surface area (Å²) in [5.41, 5.74) is 0.962. The van der Waals surface area contributed by atoms with Gasteiger partial charge in [0.2, 0.25) is 12.9 Å². The second kappa shape index (κ2) is 6.07. The number of imide groups is 1. The Labute approximate surface area is 147 Å². The molecule has 0 saturated carbocycles. The van der Waals surface area contributed by atoms with Crippen molar-refractivity contribution in [3.63, 3.8) is 0 Å². The first-order chi connectivity index (χ1) is 12.6. The van der Waals surface area contributed by atoms with Gasteiger partial charge < -0.3 is 18.9 Å². The van der Waals surface area contributed by atoms with Gasteiger partial charge in [0, 0.05) is 5.56 Å². The standard InChI is InChI=1S/C18H13NO7/c1-23-18(22)15(9-2-5-13-14(6-9)25-8-24-13)26-10-3-4-11-12(7-10)17(21)19-16(11)20/h2-7,15H,8H2,1H3,(H,19,20,21). The summed E-state index contributed by atoms with van der Waals surface area (Å²) in [6.07, 6.45) is -1.08. The van der Waals surface area contributed by atoms with Gasteiger partial charge in [0.05, 0.1) is 18.2 Å². The van der Waals surface area contributed by atoms with Gasteiger partial charge in [-0.2, -0.15) is 0 Å². The molecule has 132 valence electrons. The van der Waals surface area contributed by atoms with Crippen molar-refractivity contribution in [1.29, 1.82) is 0 Å². The van der Waals surface area contributed by atoms with Crippen LogP contribution in [0.4, 0.5) is 0 Å². The molecule has 0 spiro atoms. The van der Waals surface area contributed by atoms with Crippen LogP contribution in [0.15, 0.2) is 36.4 Å². The van der Waals surface area contributed by atoms with Gasteiger partial charge in [0.25, 0.3) is 11.8 Å². The second-order valence-electron chi connectivity index (χ2n) is 5.62. The maximum absolute atomic E-state index is 12.2. The zero-order chi connectivity index (χ0) is 18.3. The molecule has 0 saturated heterocycles. The number of hydrogen-bond donors (Lipinski definition) is 1. The van der Waals surface area contributed by atoms with Gasteiger partial charge in [0.15, 0.2) is 11.5 Å². The highest BCUT2D eigenvalue weighted by molar-refractivity contribution is 6.21. The van der Waals surface area contributed by atoms with Crippen LogP contribution in [0.2, 0.25) is 0 Å². The van der Waals surface area contributed by atoms with Crippen LogP contribution in [0.5, 0.6) is 17.2 Å². The van der Waals surface area contributed by atoms with Crippen molar-refractivity contribution in [1.82, 2.24) is 5.32 Å². The lowest BCUT2D eigenvalue weighted by atomic mass is 10.1. The van der Waals surface area contributed by atoms with E-state index < -0.39 is 23.9 Å². The van der Waals surface area contributed by atoms with Gasteiger partial charge in [-0.15, -0.1) is 0 Å². The van der Waals surface area contributed by atoms with E-state index in [0.717, 1.165) is 0 Å². The summed E-state index contributed by atoms with van der Waals surface area (Å²) < 4.78 is 21.2. The first-order valence-electron chi connectivity index (χ1n) is 7.70. The van der Waals surface area contributed by atoms with Crippen molar-refractivity contribution in [2.24, 2.45) is 0 Å². The van der Waals surface area contributed by atoms with E-state index in [9.17, 15) is 14.4 Å². The van der Waals surface area contributed by atoms with E-state index in [4.69, 9.17) is 18.9 Å². The van der Waals surface area contributed by atoms with E-state index >= 15 is 0 Å². The summed E-state index contributed by atoms with van der Waals surface area (Å²) in [4.78, 5) is 35.6. The van der Waals surface area contributed by atoms with E-state index in [2.05, 4.69) is 5.32 Å². The normalized spacial score (nSPS) is 15.3. The zero-order valence-electron chi connectivity index (χ0n) is 13.6. The molecule has 4 rings (SSSR count). The summed E-state index contributed by atoms with van der Waals surface area (Å²) in [5.74, 6) is -0.263. The number of fused-ring (bicyclic) bond motifs is 2. The van der Waals surface area contributed by atoms with Crippen LogP contribution < -0.4 is 19.5 Å². The number of ether oxygens (including phenoxy) is 4. The summed E-state index contributed by atoms with van der Waals surface area (Å²) in [6.45, 7) is 0.108. The Hall–Kier alpha value is -3.55. The van der Waals surface area contributed by atoms with Crippen molar-refractivity contribution in [3.05, 3.63) is 53.1 Å². The molecule has 0 aliphatic carbocycles. The Kier molecular flexibility index (Phi) is 3.72. The van der Waals surface area contributed by atoms with Crippen molar-refractivity contribution in [2.75, 3.05) is 13.9 Å². The van der Waals surface area contributed by atoms with Gasteiger partial charge >= 0.3 is 5.97 Å². The minimum atomic E-state index is -1.08. The Balaban J connectivity index is 1.67. The van der Waals surface area contributed by atoms with Crippen LogP contribution in [0.3, 0.4) is 0 Å². The third-order valence-corrected chi connectivity index (χ3v) is 4.08. The summed E-state index contributed by atoms with van der Waals surface area (Å²) in [5, 5.41) is 2.20. The van der Waals surface area contributed by atoms with Crippen molar-refractivity contribution in [3.8, 4) is 17.2 Å². The summed E-state index contributed by atoms with van der Waals surface area (Å²) in [7, 11) is 1.25. The van der Waals surface area contributed by atoms with Crippen molar-refractivity contribution >= 4 is 17.8 Å². The van der Waals surface area contributed by atoms with Crippen molar-refractivity contribution in [2.45, 2.75) is 6.10 Å². The third-order valence-electron chi connectivity index (χ3n) is 4.08. The predicted molar refractivity (Wildman–Crippen MR) is 86.2 cm³/mol. The molecule has 2 aromatic carbocycles. The molecule has 2 amide bonds. The number of nitrogens with one attached hydrogen (secondary N) is 1. The monoisotopic (exact) mass is 355 g/mol. The SMILES string of the molecule is COC(=O)C(Oc1ccc2c(c1)C(=O)NC2=O)c1ccc2c(c1)OCO2. The minimum absolute atomic E-state index is 0.108. The summed E-state index contributed by atoms with van der Waals surface area (Å²) in [6, 6.07) is 9.37. The van der Waals surface area contributed by atoms with Crippen LogP contribution in [-0.4, -0.2) is 31.7 Å². The maximum Gasteiger partial charge on any atom is 0.351 e. The molecule has 8 heteroatoms. The average molecular weight is 355 g/mol. The Morgan fingerprint density at radius 2 is 1.81 bits per heavy atom. The molecule has 8 nitrogen and oxygen atoms in total. The molecular formula is C18H13NO7. The molecule has 0 fully saturated rings. The Bertz CT molecular complexity index is 937. The first kappa shape index (κ1) is 15.9. The Morgan fingerprint density at radius 1 is 1.04 bits per heavy atom.